The monoisotopic (exact) mass is 372 g/mol. The summed E-state index contributed by atoms with van der Waals surface area (Å²) < 4.78 is 14.9. The molecule has 0 aliphatic carbocycles. The molecule has 5 nitrogen and oxygen atoms in total. The van der Waals surface area contributed by atoms with E-state index < -0.39 is 0 Å². The molecule has 1 aromatic carbocycles. The van der Waals surface area contributed by atoms with Gasteiger partial charge in [-0.15, -0.1) is 0 Å². The van der Waals surface area contributed by atoms with Gasteiger partial charge >= 0.3 is 0 Å². The number of nitrogens with one attached hydrogen (secondary N) is 1. The van der Waals surface area contributed by atoms with Gasteiger partial charge in [-0.3, -0.25) is 4.79 Å². The Bertz CT molecular complexity index is 748. The van der Waals surface area contributed by atoms with E-state index in [4.69, 9.17) is 0 Å². The van der Waals surface area contributed by atoms with Gasteiger partial charge in [-0.05, 0) is 69.1 Å². The zero-order valence-corrected chi connectivity index (χ0v) is 16.2. The van der Waals surface area contributed by atoms with Crippen LogP contribution in [0, 0.1) is 5.82 Å². The van der Waals surface area contributed by atoms with E-state index in [-0.39, 0.29) is 17.6 Å². The first-order valence-corrected chi connectivity index (χ1v) is 9.90. The normalized spacial score (nSPS) is 15.3. The number of aromatic nitrogens is 2. The predicted molar refractivity (Wildman–Crippen MR) is 105 cm³/mol. The second-order valence-electron chi connectivity index (χ2n) is 7.50. The molecule has 0 radical (unpaired) electrons. The van der Waals surface area contributed by atoms with Crippen molar-refractivity contribution in [3.8, 4) is 5.69 Å². The molecule has 1 saturated heterocycles. The van der Waals surface area contributed by atoms with Gasteiger partial charge in [0.15, 0.2) is 0 Å². The van der Waals surface area contributed by atoms with E-state index in [1.54, 1.807) is 23.0 Å². The highest BCUT2D eigenvalue weighted by atomic mass is 19.1. The maximum Gasteiger partial charge on any atom is 0.254 e. The lowest BCUT2D eigenvalue weighted by atomic mass is 10.0. The zero-order valence-electron chi connectivity index (χ0n) is 16.2. The third-order valence-electron chi connectivity index (χ3n) is 5.05. The Morgan fingerprint density at radius 2 is 1.89 bits per heavy atom. The molecule has 1 amide bonds. The topological polar surface area (TPSA) is 50.2 Å². The van der Waals surface area contributed by atoms with Crippen LogP contribution in [-0.4, -0.2) is 46.8 Å². The van der Waals surface area contributed by atoms with Gasteiger partial charge in [-0.1, -0.05) is 20.3 Å². The van der Waals surface area contributed by atoms with E-state index in [1.807, 2.05) is 13.8 Å². The lowest BCUT2D eigenvalue weighted by Crippen LogP contribution is -2.33. The smallest absolute Gasteiger partial charge is 0.254 e. The Morgan fingerprint density at radius 1 is 1.19 bits per heavy atom. The summed E-state index contributed by atoms with van der Waals surface area (Å²) in [5, 5.41) is 7.41. The Morgan fingerprint density at radius 3 is 2.56 bits per heavy atom. The molecule has 1 N–H and O–H groups in total. The van der Waals surface area contributed by atoms with Gasteiger partial charge in [0.1, 0.15) is 5.82 Å². The number of hydrogen-bond donors (Lipinski definition) is 1. The van der Waals surface area contributed by atoms with E-state index in [0.29, 0.717) is 12.1 Å². The van der Waals surface area contributed by atoms with Crippen LogP contribution in [0.3, 0.4) is 0 Å². The molecule has 2 aromatic rings. The Hall–Kier alpha value is -2.21. The van der Waals surface area contributed by atoms with Crippen molar-refractivity contribution in [2.45, 2.75) is 45.4 Å². The van der Waals surface area contributed by atoms with Crippen LogP contribution < -0.4 is 5.32 Å². The largest absolute Gasteiger partial charge is 0.352 e. The molecule has 0 saturated carbocycles. The number of benzene rings is 1. The summed E-state index contributed by atoms with van der Waals surface area (Å²) in [5.74, 6) is -0.263. The molecule has 1 aromatic heterocycles. The van der Waals surface area contributed by atoms with Gasteiger partial charge in [0.25, 0.3) is 5.91 Å². The van der Waals surface area contributed by atoms with E-state index in [0.717, 1.165) is 24.3 Å². The fraction of sp³-hybridized carbons (Fsp3) is 0.524. The van der Waals surface area contributed by atoms with Crippen LogP contribution >= 0.6 is 0 Å². The van der Waals surface area contributed by atoms with Crippen LogP contribution in [0.2, 0.25) is 0 Å². The molecule has 0 unspecified atom stereocenters. The Labute approximate surface area is 160 Å². The number of likely N-dealkylation sites (tertiary alicyclic amines) is 1. The van der Waals surface area contributed by atoms with Crippen LogP contribution in [0.25, 0.3) is 5.69 Å². The third kappa shape index (κ3) is 4.95. The quantitative estimate of drug-likeness (QED) is 0.753. The van der Waals surface area contributed by atoms with Gasteiger partial charge in [-0.2, -0.15) is 5.10 Å². The van der Waals surface area contributed by atoms with Gasteiger partial charge in [0.05, 0.1) is 23.1 Å². The summed E-state index contributed by atoms with van der Waals surface area (Å²) in [6.45, 7) is 8.11. The zero-order chi connectivity index (χ0) is 19.2. The summed E-state index contributed by atoms with van der Waals surface area (Å²) in [6, 6.07) is 6.16. The fourth-order valence-electron chi connectivity index (χ4n) is 3.66. The molecule has 0 atom stereocenters. The molecule has 6 heteroatoms. The number of nitrogens with zero attached hydrogens (tertiary/aromatic N) is 3. The summed E-state index contributed by atoms with van der Waals surface area (Å²) >= 11 is 0. The molecule has 2 heterocycles. The first kappa shape index (κ1) is 19.5. The standard InChI is InChI=1S/C21H29FN4O/c1-16(2)20-19(15-24-26(20)18-9-7-17(22)8-10-18)21(27)23-11-6-14-25-12-4-3-5-13-25/h7-10,15-16H,3-6,11-14H2,1-2H3,(H,23,27). The highest BCUT2D eigenvalue weighted by Gasteiger charge is 2.20. The highest BCUT2D eigenvalue weighted by molar-refractivity contribution is 5.95. The van der Waals surface area contributed by atoms with Crippen molar-refractivity contribution in [3.63, 3.8) is 0 Å². The number of carbonyl (C=O) groups is 1. The second kappa shape index (κ2) is 9.13. The van der Waals surface area contributed by atoms with Crippen LogP contribution in [0.5, 0.6) is 0 Å². The van der Waals surface area contributed by atoms with Gasteiger partial charge in [0.2, 0.25) is 0 Å². The van der Waals surface area contributed by atoms with E-state index >= 15 is 0 Å². The predicted octanol–water partition coefficient (Wildman–Crippen LogP) is 3.74. The Kier molecular flexibility index (Phi) is 6.61. The van der Waals surface area contributed by atoms with Crippen LogP contribution in [0.1, 0.15) is 61.5 Å². The van der Waals surface area contributed by atoms with E-state index in [9.17, 15) is 9.18 Å². The minimum atomic E-state index is -0.288. The molecular formula is C21H29FN4O. The highest BCUT2D eigenvalue weighted by Crippen LogP contribution is 2.23. The van der Waals surface area contributed by atoms with Gasteiger partial charge < -0.3 is 10.2 Å². The summed E-state index contributed by atoms with van der Waals surface area (Å²) in [6.07, 6.45) is 6.47. The minimum absolute atomic E-state index is 0.0919. The molecule has 3 rings (SSSR count). The molecule has 0 bridgehead atoms. The Balaban J connectivity index is 1.63. The molecular weight excluding hydrogens is 343 g/mol. The maximum atomic E-state index is 13.2. The molecule has 1 fully saturated rings. The van der Waals surface area contributed by atoms with Crippen LogP contribution in [0.4, 0.5) is 4.39 Å². The van der Waals surface area contributed by atoms with Crippen molar-refractivity contribution in [2.24, 2.45) is 0 Å². The van der Waals surface area contributed by atoms with E-state index in [2.05, 4.69) is 15.3 Å². The number of halogens is 1. The number of amides is 1. The SMILES string of the molecule is CC(C)c1c(C(=O)NCCCN2CCCCC2)cnn1-c1ccc(F)cc1. The summed E-state index contributed by atoms with van der Waals surface area (Å²) in [5.41, 5.74) is 2.19. The lowest BCUT2D eigenvalue weighted by molar-refractivity contribution is 0.0949. The number of hydrogen-bond acceptors (Lipinski definition) is 3. The summed E-state index contributed by atoms with van der Waals surface area (Å²) in [7, 11) is 0. The van der Waals surface area contributed by atoms with Crippen LogP contribution in [0.15, 0.2) is 30.5 Å². The average molecular weight is 372 g/mol. The first-order valence-electron chi connectivity index (χ1n) is 9.90. The van der Waals surface area contributed by atoms with Crippen molar-refractivity contribution >= 4 is 5.91 Å². The molecule has 0 spiro atoms. The second-order valence-corrected chi connectivity index (χ2v) is 7.50. The van der Waals surface area contributed by atoms with Crippen molar-refractivity contribution < 1.29 is 9.18 Å². The molecule has 146 valence electrons. The number of piperidine rings is 1. The van der Waals surface area contributed by atoms with Crippen molar-refractivity contribution in [1.82, 2.24) is 20.0 Å². The van der Waals surface area contributed by atoms with Gasteiger partial charge in [-0.25, -0.2) is 9.07 Å². The lowest BCUT2D eigenvalue weighted by Gasteiger charge is -2.26. The minimum Gasteiger partial charge on any atom is -0.352 e. The fourth-order valence-corrected chi connectivity index (χ4v) is 3.66. The van der Waals surface area contributed by atoms with Crippen molar-refractivity contribution in [3.05, 3.63) is 47.5 Å². The van der Waals surface area contributed by atoms with Crippen molar-refractivity contribution in [2.75, 3.05) is 26.2 Å². The first-order chi connectivity index (χ1) is 13.1. The maximum absolute atomic E-state index is 13.2. The molecule has 1 aliphatic heterocycles. The molecule has 1 aliphatic rings. The van der Waals surface area contributed by atoms with E-state index in [1.165, 1.54) is 44.5 Å². The van der Waals surface area contributed by atoms with Crippen LogP contribution in [-0.2, 0) is 0 Å². The third-order valence-corrected chi connectivity index (χ3v) is 5.05. The number of rotatable bonds is 7. The van der Waals surface area contributed by atoms with Gasteiger partial charge in [0, 0.05) is 6.54 Å². The molecule has 27 heavy (non-hydrogen) atoms. The average Bonchev–Trinajstić information content (AvgIpc) is 3.12. The van der Waals surface area contributed by atoms with Crippen molar-refractivity contribution in [1.29, 1.82) is 0 Å². The number of carbonyl (C=O) groups excluding carboxylic acids is 1. The summed E-state index contributed by atoms with van der Waals surface area (Å²) in [4.78, 5) is 15.2.